The number of para-hydroxylation sites is 1. The second kappa shape index (κ2) is 7.43. The Morgan fingerprint density at radius 2 is 2.00 bits per heavy atom. The zero-order chi connectivity index (χ0) is 14.4. The van der Waals surface area contributed by atoms with Crippen LogP contribution in [0, 0.1) is 13.8 Å². The monoisotopic (exact) mass is 291 g/mol. The fourth-order valence-electron chi connectivity index (χ4n) is 2.04. The molecule has 1 aromatic heterocycles. The summed E-state index contributed by atoms with van der Waals surface area (Å²) in [4.78, 5) is 0. The number of aryl methyl sites for hydroxylation is 2. The molecule has 108 valence electrons. The number of rotatable bonds is 7. The first kappa shape index (κ1) is 15.0. The van der Waals surface area contributed by atoms with Crippen molar-refractivity contribution in [2.45, 2.75) is 26.5 Å². The summed E-state index contributed by atoms with van der Waals surface area (Å²) in [7, 11) is 0. The highest BCUT2D eigenvalue weighted by atomic mass is 32.1. The van der Waals surface area contributed by atoms with E-state index in [2.05, 4.69) is 22.1 Å². The first-order valence-electron chi connectivity index (χ1n) is 6.75. The highest BCUT2D eigenvalue weighted by Crippen LogP contribution is 2.22. The Morgan fingerprint density at radius 1 is 1.25 bits per heavy atom. The summed E-state index contributed by atoms with van der Waals surface area (Å²) in [5.74, 6) is 0.879. The van der Waals surface area contributed by atoms with Crippen LogP contribution in [0.15, 0.2) is 35.0 Å². The van der Waals surface area contributed by atoms with Crippen LogP contribution < -0.4 is 10.1 Å². The highest BCUT2D eigenvalue weighted by molar-refractivity contribution is 7.07. The molecule has 0 aliphatic heterocycles. The minimum Gasteiger partial charge on any atom is -0.490 e. The lowest BCUT2D eigenvalue weighted by atomic mass is 10.1. The van der Waals surface area contributed by atoms with Crippen LogP contribution in [-0.2, 0) is 6.54 Å². The maximum Gasteiger partial charge on any atom is 0.125 e. The van der Waals surface area contributed by atoms with E-state index in [1.807, 2.05) is 32.0 Å². The number of aliphatic hydroxyl groups is 1. The van der Waals surface area contributed by atoms with E-state index < -0.39 is 6.10 Å². The fourth-order valence-corrected chi connectivity index (χ4v) is 2.71. The van der Waals surface area contributed by atoms with Crippen molar-refractivity contribution in [3.8, 4) is 5.75 Å². The number of benzene rings is 1. The average molecular weight is 291 g/mol. The SMILES string of the molecule is Cc1cccc(C)c1OCC(O)CNCc1ccsc1. The Bertz CT molecular complexity index is 505. The van der Waals surface area contributed by atoms with E-state index >= 15 is 0 Å². The number of thiophene rings is 1. The van der Waals surface area contributed by atoms with Gasteiger partial charge in [-0.05, 0) is 47.4 Å². The summed E-state index contributed by atoms with van der Waals surface area (Å²) >= 11 is 1.68. The predicted molar refractivity (Wildman–Crippen MR) is 83.4 cm³/mol. The number of ether oxygens (including phenoxy) is 1. The van der Waals surface area contributed by atoms with Crippen molar-refractivity contribution in [2.24, 2.45) is 0 Å². The molecule has 0 aliphatic rings. The van der Waals surface area contributed by atoms with Gasteiger partial charge in [-0.3, -0.25) is 0 Å². The molecule has 1 atom stereocenters. The maximum atomic E-state index is 9.94. The first-order chi connectivity index (χ1) is 9.66. The number of hydrogen-bond acceptors (Lipinski definition) is 4. The number of nitrogens with one attached hydrogen (secondary N) is 1. The Hall–Kier alpha value is -1.36. The van der Waals surface area contributed by atoms with Crippen LogP contribution in [0.1, 0.15) is 16.7 Å². The lowest BCUT2D eigenvalue weighted by Crippen LogP contribution is -2.31. The summed E-state index contributed by atoms with van der Waals surface area (Å²) in [5.41, 5.74) is 3.45. The molecule has 0 aliphatic carbocycles. The third kappa shape index (κ3) is 4.34. The van der Waals surface area contributed by atoms with Gasteiger partial charge in [0.05, 0.1) is 0 Å². The van der Waals surface area contributed by atoms with E-state index in [0.29, 0.717) is 13.2 Å². The molecule has 2 aromatic rings. The van der Waals surface area contributed by atoms with Crippen molar-refractivity contribution in [3.05, 3.63) is 51.7 Å². The summed E-state index contributed by atoms with van der Waals surface area (Å²) in [5, 5.41) is 17.3. The van der Waals surface area contributed by atoms with Crippen molar-refractivity contribution < 1.29 is 9.84 Å². The lowest BCUT2D eigenvalue weighted by molar-refractivity contribution is 0.105. The van der Waals surface area contributed by atoms with Gasteiger partial charge in [0.1, 0.15) is 18.5 Å². The van der Waals surface area contributed by atoms with E-state index in [1.54, 1.807) is 11.3 Å². The molecule has 20 heavy (non-hydrogen) atoms. The molecule has 1 heterocycles. The van der Waals surface area contributed by atoms with Crippen molar-refractivity contribution in [2.75, 3.05) is 13.2 Å². The second-order valence-corrected chi connectivity index (χ2v) is 5.73. The molecule has 0 bridgehead atoms. The van der Waals surface area contributed by atoms with Gasteiger partial charge in [0.25, 0.3) is 0 Å². The van der Waals surface area contributed by atoms with Gasteiger partial charge in [0, 0.05) is 13.1 Å². The van der Waals surface area contributed by atoms with E-state index in [9.17, 15) is 5.11 Å². The third-order valence-electron chi connectivity index (χ3n) is 3.12. The molecule has 2 rings (SSSR count). The number of hydrogen-bond donors (Lipinski definition) is 2. The molecular weight excluding hydrogens is 270 g/mol. The standard InChI is InChI=1S/C16H21NO2S/c1-12-4-3-5-13(2)16(12)19-10-15(18)9-17-8-14-6-7-20-11-14/h3-7,11,15,17-18H,8-10H2,1-2H3. The quantitative estimate of drug-likeness (QED) is 0.824. The van der Waals surface area contributed by atoms with Crippen LogP contribution in [0.3, 0.4) is 0 Å². The molecule has 0 spiro atoms. The topological polar surface area (TPSA) is 41.5 Å². The van der Waals surface area contributed by atoms with Gasteiger partial charge in [-0.15, -0.1) is 0 Å². The van der Waals surface area contributed by atoms with Gasteiger partial charge in [0.15, 0.2) is 0 Å². The molecule has 0 amide bonds. The largest absolute Gasteiger partial charge is 0.490 e. The van der Waals surface area contributed by atoms with Crippen molar-refractivity contribution >= 4 is 11.3 Å². The van der Waals surface area contributed by atoms with Gasteiger partial charge in [-0.25, -0.2) is 0 Å². The van der Waals surface area contributed by atoms with Gasteiger partial charge >= 0.3 is 0 Å². The van der Waals surface area contributed by atoms with E-state index in [-0.39, 0.29) is 0 Å². The molecule has 2 N–H and O–H groups in total. The Morgan fingerprint density at radius 3 is 2.65 bits per heavy atom. The van der Waals surface area contributed by atoms with Crippen LogP contribution in [0.4, 0.5) is 0 Å². The summed E-state index contributed by atoms with van der Waals surface area (Å²) in [6.07, 6.45) is -0.507. The first-order valence-corrected chi connectivity index (χ1v) is 7.70. The van der Waals surface area contributed by atoms with E-state index in [0.717, 1.165) is 23.4 Å². The van der Waals surface area contributed by atoms with Gasteiger partial charge in [0.2, 0.25) is 0 Å². The molecular formula is C16H21NO2S. The van der Waals surface area contributed by atoms with Crippen LogP contribution in [0.2, 0.25) is 0 Å². The van der Waals surface area contributed by atoms with Gasteiger partial charge in [-0.1, -0.05) is 18.2 Å². The molecule has 1 unspecified atom stereocenters. The second-order valence-electron chi connectivity index (χ2n) is 4.95. The fraction of sp³-hybridized carbons (Fsp3) is 0.375. The Balaban J connectivity index is 1.73. The normalized spacial score (nSPS) is 12.3. The Labute approximate surface area is 124 Å². The van der Waals surface area contributed by atoms with E-state index in [1.165, 1.54) is 5.56 Å². The van der Waals surface area contributed by atoms with Crippen molar-refractivity contribution in [1.82, 2.24) is 5.32 Å². The maximum absolute atomic E-state index is 9.94. The Kier molecular flexibility index (Phi) is 5.59. The smallest absolute Gasteiger partial charge is 0.125 e. The minimum absolute atomic E-state index is 0.308. The molecule has 3 nitrogen and oxygen atoms in total. The molecule has 0 radical (unpaired) electrons. The molecule has 0 fully saturated rings. The molecule has 0 saturated carbocycles. The molecule has 4 heteroatoms. The lowest BCUT2D eigenvalue weighted by Gasteiger charge is -2.16. The average Bonchev–Trinajstić information content (AvgIpc) is 2.91. The minimum atomic E-state index is -0.507. The summed E-state index contributed by atoms with van der Waals surface area (Å²) < 4.78 is 5.73. The van der Waals surface area contributed by atoms with Gasteiger partial charge in [-0.2, -0.15) is 11.3 Å². The van der Waals surface area contributed by atoms with Crippen LogP contribution in [0.25, 0.3) is 0 Å². The summed E-state index contributed by atoms with van der Waals surface area (Å²) in [6, 6.07) is 8.13. The van der Waals surface area contributed by atoms with Crippen LogP contribution >= 0.6 is 11.3 Å². The summed E-state index contributed by atoms with van der Waals surface area (Å²) in [6.45, 7) is 5.65. The number of aliphatic hydroxyl groups excluding tert-OH is 1. The van der Waals surface area contributed by atoms with Gasteiger partial charge < -0.3 is 15.2 Å². The third-order valence-corrected chi connectivity index (χ3v) is 3.85. The van der Waals surface area contributed by atoms with Crippen LogP contribution in [-0.4, -0.2) is 24.4 Å². The molecule has 0 saturated heterocycles. The highest BCUT2D eigenvalue weighted by Gasteiger charge is 2.08. The van der Waals surface area contributed by atoms with E-state index in [4.69, 9.17) is 4.74 Å². The zero-order valence-electron chi connectivity index (χ0n) is 11.9. The van der Waals surface area contributed by atoms with Crippen molar-refractivity contribution in [3.63, 3.8) is 0 Å². The zero-order valence-corrected chi connectivity index (χ0v) is 12.7. The van der Waals surface area contributed by atoms with Crippen molar-refractivity contribution in [1.29, 1.82) is 0 Å². The molecule has 1 aromatic carbocycles. The predicted octanol–water partition coefficient (Wildman–Crippen LogP) is 2.89. The van der Waals surface area contributed by atoms with Crippen LogP contribution in [0.5, 0.6) is 5.75 Å².